The first-order chi connectivity index (χ1) is 14.0. The molecule has 3 aromatic rings. The van der Waals surface area contributed by atoms with Crippen LogP contribution in [0.2, 0.25) is 5.02 Å². The van der Waals surface area contributed by atoms with Gasteiger partial charge >= 0.3 is 0 Å². The number of hydrogen-bond donors (Lipinski definition) is 1. The number of methoxy groups -OCH3 is 1. The van der Waals surface area contributed by atoms with E-state index < -0.39 is 0 Å². The lowest BCUT2D eigenvalue weighted by molar-refractivity contribution is -0.111. The summed E-state index contributed by atoms with van der Waals surface area (Å²) in [6, 6.07) is 20.7. The quantitative estimate of drug-likeness (QED) is 0.497. The van der Waals surface area contributed by atoms with Crippen LogP contribution in [-0.2, 0) is 11.4 Å². The molecule has 1 N–H and O–H groups in total. The second kappa shape index (κ2) is 9.80. The van der Waals surface area contributed by atoms with E-state index in [1.165, 1.54) is 6.08 Å². The Morgan fingerprint density at radius 3 is 2.52 bits per heavy atom. The summed E-state index contributed by atoms with van der Waals surface area (Å²) in [5, 5.41) is 3.49. The number of nitrogens with one attached hydrogen (secondary N) is 1. The molecule has 4 nitrogen and oxygen atoms in total. The van der Waals surface area contributed by atoms with Gasteiger partial charge in [0.05, 0.1) is 7.11 Å². The number of carbonyl (C=O) groups is 1. The lowest BCUT2D eigenvalue weighted by Crippen LogP contribution is -2.07. The molecule has 0 aromatic heterocycles. The zero-order valence-electron chi connectivity index (χ0n) is 16.3. The summed E-state index contributed by atoms with van der Waals surface area (Å²) in [7, 11) is 1.58. The molecule has 3 rings (SSSR count). The summed E-state index contributed by atoms with van der Waals surface area (Å²) in [6.07, 6.45) is 3.21. The third kappa shape index (κ3) is 5.87. The number of hydrogen-bond acceptors (Lipinski definition) is 3. The van der Waals surface area contributed by atoms with Gasteiger partial charge in [-0.1, -0.05) is 53.6 Å². The molecule has 3 aromatic carbocycles. The van der Waals surface area contributed by atoms with E-state index in [0.29, 0.717) is 23.1 Å². The highest BCUT2D eigenvalue weighted by atomic mass is 35.5. The molecule has 0 aliphatic carbocycles. The number of carbonyl (C=O) groups excluding carboxylic acids is 1. The summed E-state index contributed by atoms with van der Waals surface area (Å²) < 4.78 is 11.3. The molecule has 0 saturated heterocycles. The van der Waals surface area contributed by atoms with Crippen molar-refractivity contribution in [2.24, 2.45) is 0 Å². The van der Waals surface area contributed by atoms with Gasteiger partial charge in [0.25, 0.3) is 0 Å². The third-order valence-electron chi connectivity index (χ3n) is 4.27. The van der Waals surface area contributed by atoms with Gasteiger partial charge in [-0.05, 0) is 48.9 Å². The van der Waals surface area contributed by atoms with Crippen LogP contribution in [-0.4, -0.2) is 13.0 Å². The van der Waals surface area contributed by atoms with Crippen molar-refractivity contribution in [1.29, 1.82) is 0 Å². The van der Waals surface area contributed by atoms with Crippen LogP contribution in [0.3, 0.4) is 0 Å². The van der Waals surface area contributed by atoms with Gasteiger partial charge in [-0.25, -0.2) is 0 Å². The lowest BCUT2D eigenvalue weighted by atomic mass is 10.1. The van der Waals surface area contributed by atoms with E-state index in [9.17, 15) is 4.79 Å². The molecule has 148 valence electrons. The number of benzene rings is 3. The molecule has 0 saturated carbocycles. The largest absolute Gasteiger partial charge is 0.493 e. The van der Waals surface area contributed by atoms with Crippen LogP contribution in [0.5, 0.6) is 11.5 Å². The maximum absolute atomic E-state index is 12.1. The number of halogens is 1. The van der Waals surface area contributed by atoms with Crippen molar-refractivity contribution in [1.82, 2.24) is 0 Å². The Balaban J connectivity index is 1.64. The van der Waals surface area contributed by atoms with Crippen molar-refractivity contribution < 1.29 is 14.3 Å². The molecule has 0 bridgehead atoms. The smallest absolute Gasteiger partial charge is 0.248 e. The Morgan fingerprint density at radius 2 is 1.79 bits per heavy atom. The fraction of sp³-hybridized carbons (Fsp3) is 0.125. The highest BCUT2D eigenvalue weighted by Gasteiger charge is 2.07. The minimum atomic E-state index is -0.202. The second-order valence-corrected chi connectivity index (χ2v) is 6.89. The van der Waals surface area contributed by atoms with Crippen molar-refractivity contribution in [3.63, 3.8) is 0 Å². The van der Waals surface area contributed by atoms with E-state index in [1.807, 2.05) is 73.7 Å². The van der Waals surface area contributed by atoms with Gasteiger partial charge in [-0.2, -0.15) is 0 Å². The van der Waals surface area contributed by atoms with Crippen molar-refractivity contribution in [3.05, 3.63) is 94.5 Å². The van der Waals surface area contributed by atoms with Gasteiger partial charge in [0.1, 0.15) is 6.61 Å². The Bertz CT molecular complexity index is 1010. The van der Waals surface area contributed by atoms with Crippen LogP contribution < -0.4 is 14.8 Å². The first-order valence-electron chi connectivity index (χ1n) is 9.15. The predicted octanol–water partition coefficient (Wildman–Crippen LogP) is 5.89. The first-order valence-corrected chi connectivity index (χ1v) is 9.53. The molecule has 0 spiro atoms. The van der Waals surface area contributed by atoms with Crippen molar-refractivity contribution in [3.8, 4) is 11.5 Å². The van der Waals surface area contributed by atoms with Crippen LogP contribution in [0.4, 0.5) is 5.69 Å². The van der Waals surface area contributed by atoms with Gasteiger partial charge in [-0.3, -0.25) is 4.79 Å². The molecule has 0 fully saturated rings. The topological polar surface area (TPSA) is 47.6 Å². The van der Waals surface area contributed by atoms with Crippen LogP contribution in [0.25, 0.3) is 6.08 Å². The summed E-state index contributed by atoms with van der Waals surface area (Å²) in [6.45, 7) is 2.34. The fourth-order valence-electron chi connectivity index (χ4n) is 2.67. The molecule has 0 heterocycles. The number of rotatable bonds is 7. The SMILES string of the molecule is COc1cc(/C=C/C(=O)Nc2ccc(C)cc2)ccc1OCc1ccccc1Cl. The molecule has 0 unspecified atom stereocenters. The minimum Gasteiger partial charge on any atom is -0.493 e. The molecular formula is C24H22ClNO3. The average molecular weight is 408 g/mol. The van der Waals surface area contributed by atoms with E-state index in [-0.39, 0.29) is 5.91 Å². The van der Waals surface area contributed by atoms with Gasteiger partial charge in [0.15, 0.2) is 11.5 Å². The van der Waals surface area contributed by atoms with Gasteiger partial charge < -0.3 is 14.8 Å². The normalized spacial score (nSPS) is 10.7. The molecular weight excluding hydrogens is 386 g/mol. The van der Waals surface area contributed by atoms with Crippen LogP contribution in [0.15, 0.2) is 72.8 Å². The molecule has 0 atom stereocenters. The van der Waals surface area contributed by atoms with Crippen LogP contribution in [0, 0.1) is 6.92 Å². The van der Waals surface area contributed by atoms with Crippen LogP contribution in [0.1, 0.15) is 16.7 Å². The summed E-state index contributed by atoms with van der Waals surface area (Å²) >= 11 is 6.17. The average Bonchev–Trinajstić information content (AvgIpc) is 2.73. The number of amides is 1. The monoisotopic (exact) mass is 407 g/mol. The van der Waals surface area contributed by atoms with Crippen LogP contribution >= 0.6 is 11.6 Å². The maximum atomic E-state index is 12.1. The second-order valence-electron chi connectivity index (χ2n) is 6.48. The molecule has 0 radical (unpaired) electrons. The Labute approximate surface area is 175 Å². The Morgan fingerprint density at radius 1 is 1.03 bits per heavy atom. The highest BCUT2D eigenvalue weighted by molar-refractivity contribution is 6.31. The van der Waals surface area contributed by atoms with Crippen molar-refractivity contribution in [2.75, 3.05) is 12.4 Å². The number of aryl methyl sites for hydroxylation is 1. The molecule has 0 aliphatic rings. The maximum Gasteiger partial charge on any atom is 0.248 e. The van der Waals surface area contributed by atoms with E-state index in [0.717, 1.165) is 22.4 Å². The van der Waals surface area contributed by atoms with Gasteiger partial charge in [0, 0.05) is 22.3 Å². The zero-order valence-corrected chi connectivity index (χ0v) is 17.1. The van der Waals surface area contributed by atoms with E-state index in [2.05, 4.69) is 5.32 Å². The molecule has 0 aliphatic heterocycles. The Hall–Kier alpha value is -3.24. The summed E-state index contributed by atoms with van der Waals surface area (Å²) in [5.74, 6) is 0.985. The Kier molecular flexibility index (Phi) is 6.93. The van der Waals surface area contributed by atoms with E-state index >= 15 is 0 Å². The minimum absolute atomic E-state index is 0.202. The molecule has 29 heavy (non-hydrogen) atoms. The standard InChI is InChI=1S/C24H22ClNO3/c1-17-7-11-20(12-8-17)26-24(27)14-10-18-9-13-22(23(15-18)28-2)29-16-19-5-3-4-6-21(19)25/h3-15H,16H2,1-2H3,(H,26,27)/b14-10+. The van der Waals surface area contributed by atoms with Crippen molar-refractivity contribution >= 4 is 29.3 Å². The van der Waals surface area contributed by atoms with E-state index in [4.69, 9.17) is 21.1 Å². The molecule has 1 amide bonds. The summed E-state index contributed by atoms with van der Waals surface area (Å²) in [5.41, 5.74) is 3.62. The third-order valence-corrected chi connectivity index (χ3v) is 4.64. The van der Waals surface area contributed by atoms with Crippen molar-refractivity contribution in [2.45, 2.75) is 13.5 Å². The number of ether oxygens (including phenoxy) is 2. The number of anilines is 1. The highest BCUT2D eigenvalue weighted by Crippen LogP contribution is 2.30. The zero-order chi connectivity index (χ0) is 20.6. The van der Waals surface area contributed by atoms with Gasteiger partial charge in [-0.15, -0.1) is 0 Å². The van der Waals surface area contributed by atoms with Gasteiger partial charge in [0.2, 0.25) is 5.91 Å². The first kappa shape index (κ1) is 20.5. The summed E-state index contributed by atoms with van der Waals surface area (Å²) in [4.78, 5) is 12.1. The predicted molar refractivity (Wildman–Crippen MR) is 118 cm³/mol. The lowest BCUT2D eigenvalue weighted by Gasteiger charge is -2.12. The fourth-order valence-corrected chi connectivity index (χ4v) is 2.86. The molecule has 5 heteroatoms. The van der Waals surface area contributed by atoms with E-state index in [1.54, 1.807) is 13.2 Å².